The van der Waals surface area contributed by atoms with E-state index >= 15 is 0 Å². The lowest BCUT2D eigenvalue weighted by Crippen LogP contribution is -2.26. The van der Waals surface area contributed by atoms with Gasteiger partial charge in [-0.15, -0.1) is 0 Å². The van der Waals surface area contributed by atoms with Gasteiger partial charge in [-0.1, -0.05) is 148 Å². The zero-order valence-electron chi connectivity index (χ0n) is 31.0. The summed E-state index contributed by atoms with van der Waals surface area (Å²) in [4.78, 5) is 7.23. The first kappa shape index (κ1) is 31.8. The molecular formula is C52H38N2O. The van der Waals surface area contributed by atoms with Crippen molar-refractivity contribution in [2.24, 2.45) is 0 Å². The average molecular weight is 707 g/mol. The van der Waals surface area contributed by atoms with E-state index in [1.807, 2.05) is 12.3 Å². The van der Waals surface area contributed by atoms with E-state index in [0.29, 0.717) is 5.71 Å². The summed E-state index contributed by atoms with van der Waals surface area (Å²) < 4.78 is 7.00. The van der Waals surface area contributed by atoms with Crippen molar-refractivity contribution in [3.63, 3.8) is 0 Å². The Labute approximate surface area is 321 Å². The highest BCUT2D eigenvalue weighted by Crippen LogP contribution is 2.65. The molecule has 0 unspecified atom stereocenters. The Morgan fingerprint density at radius 3 is 1.71 bits per heavy atom. The Morgan fingerprint density at radius 1 is 0.527 bits per heavy atom. The first-order valence-corrected chi connectivity index (χ1v) is 19.1. The minimum absolute atomic E-state index is 0.0232. The number of hydrogen-bond acceptors (Lipinski definition) is 3. The van der Waals surface area contributed by atoms with Crippen LogP contribution in [0.1, 0.15) is 48.6 Å². The van der Waals surface area contributed by atoms with Gasteiger partial charge >= 0.3 is 0 Å². The Hall–Kier alpha value is -6.71. The predicted molar refractivity (Wildman–Crippen MR) is 227 cm³/mol. The van der Waals surface area contributed by atoms with E-state index in [9.17, 15) is 0 Å². The fourth-order valence-corrected chi connectivity index (χ4v) is 9.47. The van der Waals surface area contributed by atoms with Crippen molar-refractivity contribution in [3.05, 3.63) is 204 Å². The molecule has 7 aromatic carbocycles. The molecule has 262 valence electrons. The fourth-order valence-electron chi connectivity index (χ4n) is 9.47. The van der Waals surface area contributed by atoms with Crippen molar-refractivity contribution >= 4 is 39.1 Å². The quantitative estimate of drug-likeness (QED) is 0.182. The third-order valence-corrected chi connectivity index (χ3v) is 11.9. The molecular weight excluding hydrogens is 669 g/mol. The summed E-state index contributed by atoms with van der Waals surface area (Å²) in [6, 6.07) is 62.2. The van der Waals surface area contributed by atoms with E-state index in [1.54, 1.807) is 0 Å². The van der Waals surface area contributed by atoms with Crippen molar-refractivity contribution in [2.45, 2.75) is 31.6 Å². The summed E-state index contributed by atoms with van der Waals surface area (Å²) >= 11 is 0. The second kappa shape index (κ2) is 11.6. The number of anilines is 3. The van der Waals surface area contributed by atoms with Crippen LogP contribution in [-0.2, 0) is 10.8 Å². The molecule has 2 heterocycles. The van der Waals surface area contributed by atoms with Gasteiger partial charge in [-0.05, 0) is 104 Å². The molecule has 3 nitrogen and oxygen atoms in total. The molecule has 0 fully saturated rings. The SMILES string of the molecule is CC(C)(C)c1ccc(N(c2ccc(-c3ccccc3)cc2)c2cc3c(c4oc5ncccc5c24)-c2ccccc2C32c3ccccc3-c3ccccc32)cc1. The van der Waals surface area contributed by atoms with Gasteiger partial charge in [0.2, 0.25) is 5.71 Å². The van der Waals surface area contributed by atoms with Crippen LogP contribution in [0.15, 0.2) is 180 Å². The third kappa shape index (κ3) is 4.47. The van der Waals surface area contributed by atoms with Crippen molar-refractivity contribution in [2.75, 3.05) is 4.90 Å². The average Bonchev–Trinajstić information content (AvgIpc) is 3.86. The van der Waals surface area contributed by atoms with Crippen LogP contribution in [0.2, 0.25) is 0 Å². The van der Waals surface area contributed by atoms with Gasteiger partial charge in [-0.3, -0.25) is 0 Å². The van der Waals surface area contributed by atoms with Gasteiger partial charge in [0.1, 0.15) is 5.58 Å². The molecule has 0 atom stereocenters. The summed E-state index contributed by atoms with van der Waals surface area (Å²) in [6.07, 6.45) is 1.83. The number of hydrogen-bond donors (Lipinski definition) is 0. The summed E-state index contributed by atoms with van der Waals surface area (Å²) in [6.45, 7) is 6.81. The summed E-state index contributed by atoms with van der Waals surface area (Å²) in [5.74, 6) is 0. The summed E-state index contributed by atoms with van der Waals surface area (Å²) in [7, 11) is 0. The zero-order valence-corrected chi connectivity index (χ0v) is 31.0. The lowest BCUT2D eigenvalue weighted by Gasteiger charge is -2.32. The van der Waals surface area contributed by atoms with E-state index < -0.39 is 5.41 Å². The number of rotatable bonds is 4. The van der Waals surface area contributed by atoms with E-state index in [2.05, 4.69) is 189 Å². The Bertz CT molecular complexity index is 2900. The van der Waals surface area contributed by atoms with E-state index in [1.165, 1.54) is 55.6 Å². The molecule has 1 spiro atoms. The van der Waals surface area contributed by atoms with Crippen LogP contribution in [-0.4, -0.2) is 4.98 Å². The number of aromatic nitrogens is 1. The molecule has 55 heavy (non-hydrogen) atoms. The standard InChI is InChI=1S/C52H38N2O/c1-51(2,3)35-25-29-37(30-26-35)54(36-27-23-34(24-28-36)33-14-5-4-6-15-33)46-32-45-47(49-48(46)41-19-13-31-53-50(41)55-49)40-18-9-12-22-44(40)52(45)42-20-10-7-16-38(42)39-17-8-11-21-43(39)52/h4-32H,1-3H3. The summed E-state index contributed by atoms with van der Waals surface area (Å²) in [5.41, 5.74) is 17.9. The van der Waals surface area contributed by atoms with Crippen LogP contribution >= 0.6 is 0 Å². The van der Waals surface area contributed by atoms with E-state index in [4.69, 9.17) is 9.40 Å². The molecule has 0 aliphatic heterocycles. The van der Waals surface area contributed by atoms with Crippen LogP contribution in [0.4, 0.5) is 17.1 Å². The molecule has 11 rings (SSSR count). The van der Waals surface area contributed by atoms with Crippen molar-refractivity contribution in [1.29, 1.82) is 0 Å². The van der Waals surface area contributed by atoms with Gasteiger partial charge in [0.05, 0.1) is 21.9 Å². The molecule has 2 aliphatic carbocycles. The number of fused-ring (bicyclic) bond motifs is 14. The maximum Gasteiger partial charge on any atom is 0.227 e. The fraction of sp³-hybridized carbons (Fsp3) is 0.0962. The first-order valence-electron chi connectivity index (χ1n) is 19.1. The van der Waals surface area contributed by atoms with Gasteiger partial charge in [0.25, 0.3) is 0 Å². The zero-order chi connectivity index (χ0) is 36.9. The van der Waals surface area contributed by atoms with Crippen molar-refractivity contribution in [3.8, 4) is 33.4 Å². The minimum Gasteiger partial charge on any atom is -0.437 e. The van der Waals surface area contributed by atoms with Crippen LogP contribution in [0.3, 0.4) is 0 Å². The monoisotopic (exact) mass is 706 g/mol. The highest BCUT2D eigenvalue weighted by molar-refractivity contribution is 6.19. The van der Waals surface area contributed by atoms with Crippen LogP contribution in [0.25, 0.3) is 55.4 Å². The largest absolute Gasteiger partial charge is 0.437 e. The normalized spacial score (nSPS) is 13.5. The van der Waals surface area contributed by atoms with Crippen molar-refractivity contribution in [1.82, 2.24) is 4.98 Å². The molecule has 0 radical (unpaired) electrons. The van der Waals surface area contributed by atoms with Gasteiger partial charge in [-0.25, -0.2) is 4.98 Å². The Kier molecular flexibility index (Phi) is 6.73. The van der Waals surface area contributed by atoms with Gasteiger partial charge in [0, 0.05) is 23.1 Å². The van der Waals surface area contributed by atoms with E-state index in [-0.39, 0.29) is 5.41 Å². The lowest BCUT2D eigenvalue weighted by molar-refractivity contribution is 0.590. The highest BCUT2D eigenvalue weighted by atomic mass is 16.3. The van der Waals surface area contributed by atoms with Crippen molar-refractivity contribution < 1.29 is 4.42 Å². The Balaban J connectivity index is 1.27. The number of pyridine rings is 1. The molecule has 3 heteroatoms. The summed E-state index contributed by atoms with van der Waals surface area (Å²) in [5, 5.41) is 2.05. The number of nitrogens with zero attached hydrogens (tertiary/aromatic N) is 2. The molecule has 0 saturated carbocycles. The third-order valence-electron chi connectivity index (χ3n) is 11.9. The molecule has 0 saturated heterocycles. The van der Waals surface area contributed by atoms with E-state index in [0.717, 1.165) is 39.0 Å². The molecule has 0 N–H and O–H groups in total. The highest BCUT2D eigenvalue weighted by Gasteiger charge is 2.53. The second-order valence-electron chi connectivity index (χ2n) is 15.9. The van der Waals surface area contributed by atoms with Crippen LogP contribution in [0, 0.1) is 0 Å². The molecule has 2 aliphatic rings. The van der Waals surface area contributed by atoms with Crippen LogP contribution < -0.4 is 4.90 Å². The maximum absolute atomic E-state index is 7.00. The number of benzene rings is 7. The van der Waals surface area contributed by atoms with Crippen LogP contribution in [0.5, 0.6) is 0 Å². The van der Waals surface area contributed by atoms with Gasteiger partial charge in [-0.2, -0.15) is 0 Å². The molecule has 9 aromatic rings. The second-order valence-corrected chi connectivity index (χ2v) is 15.9. The lowest BCUT2D eigenvalue weighted by atomic mass is 9.70. The predicted octanol–water partition coefficient (Wildman–Crippen LogP) is 13.8. The smallest absolute Gasteiger partial charge is 0.227 e. The minimum atomic E-state index is -0.534. The topological polar surface area (TPSA) is 29.3 Å². The Morgan fingerprint density at radius 2 is 1.07 bits per heavy atom. The maximum atomic E-state index is 7.00. The number of furan rings is 1. The molecule has 0 amide bonds. The molecule has 2 aromatic heterocycles. The first-order chi connectivity index (χ1) is 26.9. The van der Waals surface area contributed by atoms with Gasteiger partial charge in [0.15, 0.2) is 0 Å². The van der Waals surface area contributed by atoms with Gasteiger partial charge < -0.3 is 9.32 Å². The molecule has 0 bridgehead atoms.